The highest BCUT2D eigenvalue weighted by molar-refractivity contribution is 7.97. The molecule has 0 amide bonds. The fraction of sp³-hybridized carbons (Fsp3) is 0.310. The first kappa shape index (κ1) is 27.9. The number of hydrogen-bond acceptors (Lipinski definition) is 5. The molecule has 1 saturated heterocycles. The third-order valence-corrected chi connectivity index (χ3v) is 8.12. The molecular weight excluding hydrogens is 512 g/mol. The Bertz CT molecular complexity index is 1290. The minimum atomic E-state index is -1.26. The number of nitrogens with two attached hydrogens (primary N) is 1. The van der Waals surface area contributed by atoms with Crippen LogP contribution in [0.3, 0.4) is 0 Å². The van der Waals surface area contributed by atoms with Crippen molar-refractivity contribution in [2.45, 2.75) is 31.4 Å². The van der Waals surface area contributed by atoms with Gasteiger partial charge in [-0.25, -0.2) is 26.9 Å². The molecule has 2 unspecified atom stereocenters. The van der Waals surface area contributed by atoms with E-state index in [9.17, 15) is 17.6 Å². The van der Waals surface area contributed by atoms with Crippen LogP contribution in [0.4, 0.5) is 23.2 Å². The molecule has 1 aromatic heterocycles. The maximum Gasteiger partial charge on any atom is 0.148 e. The topological polar surface area (TPSA) is 54.5 Å². The molecule has 38 heavy (non-hydrogen) atoms. The second kappa shape index (κ2) is 12.1. The minimum absolute atomic E-state index is 0.128. The molecule has 0 radical (unpaired) electrons. The van der Waals surface area contributed by atoms with Gasteiger partial charge in [0.1, 0.15) is 29.4 Å². The normalized spacial score (nSPS) is 23.6. The molecule has 4 rings (SSSR count). The molecule has 200 valence electrons. The summed E-state index contributed by atoms with van der Waals surface area (Å²) < 4.78 is 57.7. The maximum absolute atomic E-state index is 14.6. The van der Waals surface area contributed by atoms with E-state index in [-0.39, 0.29) is 12.2 Å². The first-order valence-electron chi connectivity index (χ1n) is 12.4. The number of rotatable bonds is 8. The van der Waals surface area contributed by atoms with Crippen molar-refractivity contribution in [1.82, 2.24) is 9.29 Å². The summed E-state index contributed by atoms with van der Waals surface area (Å²) in [5, 5.41) is -1.26. The lowest BCUT2D eigenvalue weighted by Crippen LogP contribution is -2.46. The number of alkyl halides is 1. The van der Waals surface area contributed by atoms with Gasteiger partial charge in [-0.2, -0.15) is 0 Å². The summed E-state index contributed by atoms with van der Waals surface area (Å²) >= 11 is 0.978. The Labute approximate surface area is 224 Å². The molecular formula is C29H30F4N4S. The first-order chi connectivity index (χ1) is 18.3. The van der Waals surface area contributed by atoms with Crippen molar-refractivity contribution in [3.63, 3.8) is 0 Å². The summed E-state index contributed by atoms with van der Waals surface area (Å²) in [6.45, 7) is 5.75. The van der Waals surface area contributed by atoms with Gasteiger partial charge in [0, 0.05) is 24.7 Å². The van der Waals surface area contributed by atoms with Gasteiger partial charge in [0.2, 0.25) is 0 Å². The van der Waals surface area contributed by atoms with Gasteiger partial charge in [-0.15, -0.1) is 0 Å². The summed E-state index contributed by atoms with van der Waals surface area (Å²) in [7, 11) is 0. The number of aliphatic imine (C=N–C) groups is 1. The van der Waals surface area contributed by atoms with Crippen molar-refractivity contribution in [3.05, 3.63) is 102 Å². The van der Waals surface area contributed by atoms with Gasteiger partial charge in [0.25, 0.3) is 0 Å². The van der Waals surface area contributed by atoms with E-state index >= 15 is 0 Å². The van der Waals surface area contributed by atoms with Crippen LogP contribution in [0.5, 0.6) is 0 Å². The average Bonchev–Trinajstić information content (AvgIpc) is 2.95. The van der Waals surface area contributed by atoms with Crippen LogP contribution >= 0.6 is 11.9 Å². The van der Waals surface area contributed by atoms with E-state index in [1.807, 2.05) is 28.6 Å². The van der Waals surface area contributed by atoms with Crippen LogP contribution in [0.2, 0.25) is 0 Å². The van der Waals surface area contributed by atoms with E-state index < -0.39 is 29.0 Å². The van der Waals surface area contributed by atoms with Crippen LogP contribution in [0.1, 0.15) is 31.9 Å². The lowest BCUT2D eigenvalue weighted by atomic mass is 9.63. The van der Waals surface area contributed by atoms with E-state index in [1.54, 1.807) is 18.3 Å². The van der Waals surface area contributed by atoms with Gasteiger partial charge < -0.3 is 5.73 Å². The molecule has 2 aliphatic rings. The van der Waals surface area contributed by atoms with Crippen molar-refractivity contribution in [2.75, 3.05) is 19.8 Å². The molecule has 0 bridgehead atoms. The molecule has 1 aliphatic carbocycles. The molecule has 0 spiro atoms. The second-order valence-corrected chi connectivity index (χ2v) is 10.6. The van der Waals surface area contributed by atoms with Gasteiger partial charge in [-0.3, -0.25) is 4.98 Å². The first-order valence-corrected chi connectivity index (χ1v) is 13.2. The zero-order valence-electron chi connectivity index (χ0n) is 21.1. The number of benzene rings is 1. The van der Waals surface area contributed by atoms with Gasteiger partial charge in [-0.1, -0.05) is 37.1 Å². The fourth-order valence-corrected chi connectivity index (χ4v) is 5.99. The molecule has 0 saturated carbocycles. The van der Waals surface area contributed by atoms with Gasteiger partial charge >= 0.3 is 0 Å². The van der Waals surface area contributed by atoms with Crippen molar-refractivity contribution < 1.29 is 17.6 Å². The lowest BCUT2D eigenvalue weighted by Gasteiger charge is -2.48. The number of aromatic nitrogens is 1. The van der Waals surface area contributed by atoms with Crippen molar-refractivity contribution in [3.8, 4) is 0 Å². The Hall–Kier alpha value is -3.17. The zero-order chi connectivity index (χ0) is 27.3. The molecule has 2 atom stereocenters. The van der Waals surface area contributed by atoms with Crippen molar-refractivity contribution >= 4 is 28.9 Å². The Kier molecular flexibility index (Phi) is 8.89. The maximum atomic E-state index is 14.6. The molecule has 9 heteroatoms. The smallest absolute Gasteiger partial charge is 0.148 e. The number of pyridine rings is 1. The number of piperidine rings is 1. The van der Waals surface area contributed by atoms with Gasteiger partial charge in [-0.05, 0) is 79.1 Å². The van der Waals surface area contributed by atoms with Crippen molar-refractivity contribution in [1.29, 1.82) is 0 Å². The number of fused-ring (bicyclic) bond motifs is 1. The Morgan fingerprint density at radius 2 is 2.03 bits per heavy atom. The van der Waals surface area contributed by atoms with E-state index in [2.05, 4.69) is 11.6 Å². The second-order valence-electron chi connectivity index (χ2n) is 9.26. The third-order valence-electron chi connectivity index (χ3n) is 6.92. The third kappa shape index (κ3) is 5.78. The van der Waals surface area contributed by atoms with Crippen LogP contribution in [-0.2, 0) is 0 Å². The quantitative estimate of drug-likeness (QED) is 0.279. The molecule has 2 heterocycles. The van der Waals surface area contributed by atoms with E-state index in [0.29, 0.717) is 43.0 Å². The minimum Gasteiger partial charge on any atom is -0.404 e. The molecule has 1 aliphatic heterocycles. The molecule has 4 nitrogen and oxygen atoms in total. The summed E-state index contributed by atoms with van der Waals surface area (Å²) in [5.41, 5.74) is 9.91. The van der Waals surface area contributed by atoms with E-state index in [1.165, 1.54) is 25.3 Å². The predicted octanol–water partition coefficient (Wildman–Crippen LogP) is 7.42. The monoisotopic (exact) mass is 542 g/mol. The highest BCUT2D eigenvalue weighted by atomic mass is 32.2. The van der Waals surface area contributed by atoms with Crippen LogP contribution in [0.25, 0.3) is 5.57 Å². The van der Waals surface area contributed by atoms with Crippen molar-refractivity contribution in [2.24, 2.45) is 16.1 Å². The van der Waals surface area contributed by atoms with Crippen LogP contribution < -0.4 is 5.73 Å². The van der Waals surface area contributed by atoms with E-state index in [0.717, 1.165) is 28.7 Å². The predicted molar refractivity (Wildman–Crippen MR) is 147 cm³/mol. The summed E-state index contributed by atoms with van der Waals surface area (Å²) in [6.07, 6.45) is 6.04. The zero-order valence-corrected chi connectivity index (χ0v) is 22.0. The van der Waals surface area contributed by atoms with Gasteiger partial charge in [0.15, 0.2) is 0 Å². The Morgan fingerprint density at radius 3 is 2.66 bits per heavy atom. The van der Waals surface area contributed by atoms with Crippen LogP contribution in [0.15, 0.2) is 95.3 Å². The SMILES string of the molecule is C=C(c1ccccn1)C12CC(=CN)C(=Nc3ccc(F)cc3)C=C1CCN(SC(CF)/C(F)=C(/F)CC)C2. The van der Waals surface area contributed by atoms with E-state index in [4.69, 9.17) is 10.7 Å². The largest absolute Gasteiger partial charge is 0.404 e. The number of allylic oxidation sites excluding steroid dienone is 3. The standard InChI is InChI=1S/C29H30F4N4S/c1-3-24(32)28(33)27(16-30)38-37-13-11-21-14-26(36-23-9-7-22(31)8-10-23)20(17-34)15-29(21,18-37)19(2)25-6-4-5-12-35-25/h4-10,12,14,17,27H,2-3,11,13,15-16,18,34H2,1H3/b20-17?,28-24-,36-26?. The molecule has 2 aromatic rings. The number of hydrogen-bond donors (Lipinski definition) is 1. The van der Waals surface area contributed by atoms with Crippen LogP contribution in [-0.4, -0.2) is 40.0 Å². The summed E-state index contributed by atoms with van der Waals surface area (Å²) in [5.74, 6) is -2.34. The summed E-state index contributed by atoms with van der Waals surface area (Å²) in [4.78, 5) is 9.22. The Morgan fingerprint density at radius 1 is 1.26 bits per heavy atom. The molecule has 2 N–H and O–H groups in total. The highest BCUT2D eigenvalue weighted by Crippen LogP contribution is 2.53. The highest BCUT2D eigenvalue weighted by Gasteiger charge is 2.46. The summed E-state index contributed by atoms with van der Waals surface area (Å²) in [6, 6.07) is 11.4. The average molecular weight is 543 g/mol. The number of halogens is 4. The van der Waals surface area contributed by atoms with Crippen LogP contribution in [0, 0.1) is 11.2 Å². The molecule has 1 fully saturated rings. The lowest BCUT2D eigenvalue weighted by molar-refractivity contribution is 0.285. The number of nitrogens with zero attached hydrogens (tertiary/aromatic N) is 3. The Balaban J connectivity index is 1.75. The molecule has 1 aromatic carbocycles. The van der Waals surface area contributed by atoms with Gasteiger partial charge in [0.05, 0.1) is 17.1 Å². The fourth-order valence-electron chi connectivity index (χ4n) is 4.86.